The van der Waals surface area contributed by atoms with E-state index in [0.29, 0.717) is 23.2 Å². The van der Waals surface area contributed by atoms with Gasteiger partial charge in [0.25, 0.3) is 5.91 Å². The Morgan fingerprint density at radius 2 is 2.00 bits per heavy atom. The number of benzene rings is 1. The van der Waals surface area contributed by atoms with E-state index in [-0.39, 0.29) is 29.6 Å². The SMILES string of the molecule is CN(C)C(=O)[C@H]1CCC[C@H](NC(=O)c2ccc(-c3cccc(F)c3)nc2)C1. The van der Waals surface area contributed by atoms with Crippen LogP contribution in [0.4, 0.5) is 4.39 Å². The first kappa shape index (κ1) is 19.0. The third kappa shape index (κ3) is 4.70. The summed E-state index contributed by atoms with van der Waals surface area (Å²) in [5.74, 6) is -0.436. The number of halogens is 1. The number of nitrogens with zero attached hydrogens (tertiary/aromatic N) is 2. The largest absolute Gasteiger partial charge is 0.349 e. The van der Waals surface area contributed by atoms with Gasteiger partial charge >= 0.3 is 0 Å². The zero-order valence-corrected chi connectivity index (χ0v) is 15.6. The average molecular weight is 369 g/mol. The van der Waals surface area contributed by atoms with E-state index < -0.39 is 0 Å². The van der Waals surface area contributed by atoms with Gasteiger partial charge in [-0.3, -0.25) is 14.6 Å². The molecule has 6 heteroatoms. The second-order valence-corrected chi connectivity index (χ2v) is 7.21. The molecule has 2 atom stereocenters. The van der Waals surface area contributed by atoms with E-state index in [4.69, 9.17) is 0 Å². The van der Waals surface area contributed by atoms with Gasteiger partial charge in [-0.2, -0.15) is 0 Å². The van der Waals surface area contributed by atoms with Gasteiger partial charge in [0.05, 0.1) is 11.3 Å². The second kappa shape index (κ2) is 8.29. The van der Waals surface area contributed by atoms with Crippen molar-refractivity contribution in [3.05, 3.63) is 54.0 Å². The molecule has 1 aromatic carbocycles. The molecule has 0 unspecified atom stereocenters. The van der Waals surface area contributed by atoms with Crippen LogP contribution < -0.4 is 5.32 Å². The lowest BCUT2D eigenvalue weighted by atomic mass is 9.84. The molecule has 0 aliphatic heterocycles. The molecule has 0 saturated heterocycles. The van der Waals surface area contributed by atoms with Crippen molar-refractivity contribution in [2.24, 2.45) is 5.92 Å². The standard InChI is InChI=1S/C21H24FN3O2/c1-25(2)21(27)15-6-4-8-18(12-15)24-20(26)16-9-10-19(23-13-16)14-5-3-7-17(22)11-14/h3,5,7,9-11,13,15,18H,4,6,8,12H2,1-2H3,(H,24,26)/t15-,18-/m0/s1. The molecule has 27 heavy (non-hydrogen) atoms. The minimum Gasteiger partial charge on any atom is -0.349 e. The number of carbonyl (C=O) groups excluding carboxylic acids is 2. The first-order chi connectivity index (χ1) is 12.9. The maximum absolute atomic E-state index is 13.3. The molecule has 142 valence electrons. The number of nitrogens with one attached hydrogen (secondary N) is 1. The lowest BCUT2D eigenvalue weighted by Crippen LogP contribution is -2.42. The summed E-state index contributed by atoms with van der Waals surface area (Å²) in [5.41, 5.74) is 1.73. The molecule has 3 rings (SSSR count). The van der Waals surface area contributed by atoms with E-state index in [0.717, 1.165) is 19.3 Å². The van der Waals surface area contributed by atoms with Crippen LogP contribution in [-0.2, 0) is 4.79 Å². The van der Waals surface area contributed by atoms with Crippen molar-refractivity contribution < 1.29 is 14.0 Å². The molecule has 0 radical (unpaired) electrons. The molecule has 0 spiro atoms. The molecule has 2 aromatic rings. The predicted octanol–water partition coefficient (Wildman–Crippen LogP) is 3.26. The van der Waals surface area contributed by atoms with Gasteiger partial charge in [0.1, 0.15) is 5.82 Å². The highest BCUT2D eigenvalue weighted by Gasteiger charge is 2.29. The van der Waals surface area contributed by atoms with Gasteiger partial charge in [0.15, 0.2) is 0 Å². The maximum Gasteiger partial charge on any atom is 0.253 e. The van der Waals surface area contributed by atoms with Crippen molar-refractivity contribution in [2.45, 2.75) is 31.7 Å². The Balaban J connectivity index is 1.63. The second-order valence-electron chi connectivity index (χ2n) is 7.21. The van der Waals surface area contributed by atoms with E-state index in [1.54, 1.807) is 43.3 Å². The smallest absolute Gasteiger partial charge is 0.253 e. The van der Waals surface area contributed by atoms with Crippen LogP contribution >= 0.6 is 0 Å². The molecule has 1 heterocycles. The molecule has 5 nitrogen and oxygen atoms in total. The van der Waals surface area contributed by atoms with Crippen LogP contribution in [0.2, 0.25) is 0 Å². The summed E-state index contributed by atoms with van der Waals surface area (Å²) in [7, 11) is 3.52. The topological polar surface area (TPSA) is 62.3 Å². The fourth-order valence-corrected chi connectivity index (χ4v) is 3.53. The molecule has 1 fully saturated rings. The number of pyridine rings is 1. The first-order valence-electron chi connectivity index (χ1n) is 9.18. The van der Waals surface area contributed by atoms with E-state index in [1.807, 2.05) is 0 Å². The maximum atomic E-state index is 13.3. The summed E-state index contributed by atoms with van der Waals surface area (Å²) in [4.78, 5) is 30.6. The third-order valence-electron chi connectivity index (χ3n) is 4.95. The minimum atomic E-state index is -0.324. The Morgan fingerprint density at radius 3 is 2.67 bits per heavy atom. The Labute approximate surface area is 158 Å². The average Bonchev–Trinajstić information content (AvgIpc) is 2.67. The third-order valence-corrected chi connectivity index (χ3v) is 4.95. The molecular formula is C21H24FN3O2. The summed E-state index contributed by atoms with van der Waals surface area (Å²) in [6.45, 7) is 0. The molecule has 2 amide bonds. The monoisotopic (exact) mass is 369 g/mol. The number of rotatable bonds is 4. The number of hydrogen-bond donors (Lipinski definition) is 1. The van der Waals surface area contributed by atoms with Gasteiger partial charge in [-0.1, -0.05) is 18.6 Å². The quantitative estimate of drug-likeness (QED) is 0.900. The van der Waals surface area contributed by atoms with Crippen molar-refractivity contribution in [3.63, 3.8) is 0 Å². The van der Waals surface area contributed by atoms with Crippen LogP contribution in [0, 0.1) is 11.7 Å². The van der Waals surface area contributed by atoms with Crippen molar-refractivity contribution >= 4 is 11.8 Å². The summed E-state index contributed by atoms with van der Waals surface area (Å²) in [5, 5.41) is 3.02. The van der Waals surface area contributed by atoms with Gasteiger partial charge in [0.2, 0.25) is 5.91 Å². The Bertz CT molecular complexity index is 820. The van der Waals surface area contributed by atoms with Gasteiger partial charge in [-0.25, -0.2) is 4.39 Å². The molecule has 1 N–H and O–H groups in total. The summed E-state index contributed by atoms with van der Waals surface area (Å²) >= 11 is 0. The highest BCUT2D eigenvalue weighted by atomic mass is 19.1. The van der Waals surface area contributed by atoms with Crippen molar-refractivity contribution in [1.82, 2.24) is 15.2 Å². The van der Waals surface area contributed by atoms with Crippen molar-refractivity contribution in [1.29, 1.82) is 0 Å². The minimum absolute atomic E-state index is 0.0111. The number of carbonyl (C=O) groups is 2. The van der Waals surface area contributed by atoms with E-state index in [2.05, 4.69) is 10.3 Å². The zero-order valence-electron chi connectivity index (χ0n) is 15.6. The highest BCUT2D eigenvalue weighted by Crippen LogP contribution is 2.26. The normalized spacial score (nSPS) is 19.4. The lowest BCUT2D eigenvalue weighted by Gasteiger charge is -2.30. The van der Waals surface area contributed by atoms with Gasteiger partial charge in [0, 0.05) is 37.8 Å². The van der Waals surface area contributed by atoms with Gasteiger partial charge in [-0.15, -0.1) is 0 Å². The van der Waals surface area contributed by atoms with E-state index in [9.17, 15) is 14.0 Å². The molecule has 1 saturated carbocycles. The van der Waals surface area contributed by atoms with Gasteiger partial charge in [-0.05, 0) is 43.5 Å². The first-order valence-corrected chi connectivity index (χ1v) is 9.18. The number of hydrogen-bond acceptors (Lipinski definition) is 3. The van der Waals surface area contributed by atoms with Crippen LogP contribution in [-0.4, -0.2) is 41.8 Å². The van der Waals surface area contributed by atoms with Crippen LogP contribution in [0.15, 0.2) is 42.6 Å². The number of aromatic nitrogens is 1. The fourth-order valence-electron chi connectivity index (χ4n) is 3.53. The molecule has 1 aromatic heterocycles. The van der Waals surface area contributed by atoms with Crippen LogP contribution in [0.1, 0.15) is 36.0 Å². The Morgan fingerprint density at radius 1 is 1.19 bits per heavy atom. The zero-order chi connectivity index (χ0) is 19.4. The highest BCUT2D eigenvalue weighted by molar-refractivity contribution is 5.94. The fraction of sp³-hybridized carbons (Fsp3) is 0.381. The number of amides is 2. The summed E-state index contributed by atoms with van der Waals surface area (Å²) < 4.78 is 13.3. The molecule has 1 aliphatic carbocycles. The van der Waals surface area contributed by atoms with Crippen LogP contribution in [0.5, 0.6) is 0 Å². The van der Waals surface area contributed by atoms with E-state index >= 15 is 0 Å². The molecule has 1 aliphatic rings. The van der Waals surface area contributed by atoms with Crippen molar-refractivity contribution in [2.75, 3.05) is 14.1 Å². The molecular weight excluding hydrogens is 345 g/mol. The van der Waals surface area contributed by atoms with E-state index in [1.165, 1.54) is 18.3 Å². The van der Waals surface area contributed by atoms with Crippen LogP contribution in [0.25, 0.3) is 11.3 Å². The van der Waals surface area contributed by atoms with Gasteiger partial charge < -0.3 is 10.2 Å². The Hall–Kier alpha value is -2.76. The summed E-state index contributed by atoms with van der Waals surface area (Å²) in [6, 6.07) is 9.58. The predicted molar refractivity (Wildman–Crippen MR) is 102 cm³/mol. The van der Waals surface area contributed by atoms with Crippen molar-refractivity contribution in [3.8, 4) is 11.3 Å². The summed E-state index contributed by atoms with van der Waals surface area (Å²) in [6.07, 6.45) is 4.83. The lowest BCUT2D eigenvalue weighted by molar-refractivity contribution is -0.134. The molecule has 0 bridgehead atoms. The van der Waals surface area contributed by atoms with Crippen LogP contribution in [0.3, 0.4) is 0 Å². The Kier molecular flexibility index (Phi) is 5.84.